The quantitative estimate of drug-likeness (QED) is 0.333. The van der Waals surface area contributed by atoms with Crippen molar-refractivity contribution in [3.8, 4) is 0 Å². The van der Waals surface area contributed by atoms with Gasteiger partial charge in [0.25, 0.3) is 0 Å². The number of para-hydroxylation sites is 1. The van der Waals surface area contributed by atoms with Crippen molar-refractivity contribution in [3.63, 3.8) is 0 Å². The molecule has 0 N–H and O–H groups in total. The van der Waals surface area contributed by atoms with E-state index in [0.717, 1.165) is 65.7 Å². The third-order valence-corrected chi connectivity index (χ3v) is 7.81. The Morgan fingerprint density at radius 1 is 1.18 bits per heavy atom. The number of thioether (sulfide) groups is 1. The third kappa shape index (κ3) is 7.18. The van der Waals surface area contributed by atoms with Crippen molar-refractivity contribution in [2.75, 3.05) is 44.3 Å². The van der Waals surface area contributed by atoms with Crippen molar-refractivity contribution in [1.29, 1.82) is 0 Å². The zero-order valence-electron chi connectivity index (χ0n) is 20.2. The Morgan fingerprint density at radius 3 is 2.59 bits per heavy atom. The molecule has 0 radical (unpaired) electrons. The molecule has 4 rings (SSSR count). The van der Waals surface area contributed by atoms with E-state index in [1.54, 1.807) is 11.3 Å². The number of fused-ring (bicyclic) bond motifs is 1. The van der Waals surface area contributed by atoms with Crippen LogP contribution >= 0.6 is 35.5 Å². The van der Waals surface area contributed by atoms with E-state index in [1.807, 2.05) is 16.7 Å². The SMILES string of the molecule is Cc1cccc2sc(N(CCCN3CCOCC3)C(=O)Cc3ccc(SC(C)C)cc3)nc12.Cl. The van der Waals surface area contributed by atoms with Gasteiger partial charge < -0.3 is 4.74 Å². The predicted molar refractivity (Wildman–Crippen MR) is 147 cm³/mol. The van der Waals surface area contributed by atoms with Gasteiger partial charge in [0.2, 0.25) is 5.91 Å². The first-order valence-corrected chi connectivity index (χ1v) is 13.4. The summed E-state index contributed by atoms with van der Waals surface area (Å²) in [5.74, 6) is 0.109. The van der Waals surface area contributed by atoms with E-state index in [0.29, 0.717) is 18.2 Å². The van der Waals surface area contributed by atoms with Crippen LogP contribution in [0.25, 0.3) is 10.2 Å². The molecule has 1 aliphatic rings. The summed E-state index contributed by atoms with van der Waals surface area (Å²) in [5, 5.41) is 1.35. The molecule has 0 unspecified atom stereocenters. The van der Waals surface area contributed by atoms with Crippen LogP contribution in [-0.2, 0) is 16.0 Å². The third-order valence-electron chi connectivity index (χ3n) is 5.75. The van der Waals surface area contributed by atoms with Crippen molar-refractivity contribution >= 4 is 56.8 Å². The van der Waals surface area contributed by atoms with Crippen LogP contribution in [0.15, 0.2) is 47.4 Å². The van der Waals surface area contributed by atoms with E-state index in [9.17, 15) is 4.79 Å². The highest BCUT2D eigenvalue weighted by Gasteiger charge is 2.21. The van der Waals surface area contributed by atoms with Crippen LogP contribution in [-0.4, -0.2) is 60.4 Å². The molecule has 0 spiro atoms. The lowest BCUT2D eigenvalue weighted by atomic mass is 10.1. The van der Waals surface area contributed by atoms with Gasteiger partial charge in [0.15, 0.2) is 5.13 Å². The second-order valence-electron chi connectivity index (χ2n) is 8.76. The summed E-state index contributed by atoms with van der Waals surface area (Å²) in [7, 11) is 0. The highest BCUT2D eigenvalue weighted by atomic mass is 35.5. The lowest BCUT2D eigenvalue weighted by Gasteiger charge is -2.27. The van der Waals surface area contributed by atoms with Gasteiger partial charge in [-0.15, -0.1) is 24.2 Å². The summed E-state index contributed by atoms with van der Waals surface area (Å²) in [5.41, 5.74) is 3.19. The number of carbonyl (C=O) groups excluding carboxylic acids is 1. The summed E-state index contributed by atoms with van der Waals surface area (Å²) in [4.78, 5) is 23.9. The maximum Gasteiger partial charge on any atom is 0.233 e. The zero-order chi connectivity index (χ0) is 23.2. The van der Waals surface area contributed by atoms with Gasteiger partial charge >= 0.3 is 0 Å². The molecule has 1 amide bonds. The number of halogens is 1. The molecule has 0 atom stereocenters. The van der Waals surface area contributed by atoms with E-state index in [1.165, 1.54) is 4.90 Å². The van der Waals surface area contributed by atoms with E-state index in [4.69, 9.17) is 9.72 Å². The Kier molecular flexibility index (Phi) is 10.2. The first-order chi connectivity index (χ1) is 16.0. The Labute approximate surface area is 217 Å². The number of hydrogen-bond acceptors (Lipinski definition) is 6. The first kappa shape index (κ1) is 27.0. The van der Waals surface area contributed by atoms with Gasteiger partial charge in [-0.1, -0.05) is 49.4 Å². The molecule has 3 aromatic rings. The van der Waals surface area contributed by atoms with E-state index >= 15 is 0 Å². The van der Waals surface area contributed by atoms with Crippen molar-refractivity contribution in [3.05, 3.63) is 53.6 Å². The van der Waals surface area contributed by atoms with Gasteiger partial charge in [0.05, 0.1) is 29.9 Å². The second-order valence-corrected chi connectivity index (χ2v) is 11.4. The number of rotatable bonds is 9. The second kappa shape index (κ2) is 12.9. The average Bonchev–Trinajstić information content (AvgIpc) is 3.23. The molecule has 34 heavy (non-hydrogen) atoms. The number of aromatic nitrogens is 1. The van der Waals surface area contributed by atoms with Crippen molar-refractivity contribution in [2.45, 2.75) is 43.8 Å². The van der Waals surface area contributed by atoms with Crippen LogP contribution in [0, 0.1) is 6.92 Å². The molecule has 2 heterocycles. The van der Waals surface area contributed by atoms with Crippen LogP contribution in [0.5, 0.6) is 0 Å². The molecular weight excluding hydrogens is 486 g/mol. The molecule has 1 saturated heterocycles. The van der Waals surface area contributed by atoms with Crippen molar-refractivity contribution in [2.24, 2.45) is 0 Å². The van der Waals surface area contributed by atoms with Crippen LogP contribution in [0.3, 0.4) is 0 Å². The first-order valence-electron chi connectivity index (χ1n) is 11.7. The van der Waals surface area contributed by atoms with E-state index in [-0.39, 0.29) is 18.3 Å². The van der Waals surface area contributed by atoms with Gasteiger partial charge in [-0.05, 0) is 42.7 Å². The summed E-state index contributed by atoms with van der Waals surface area (Å²) < 4.78 is 6.59. The van der Waals surface area contributed by atoms with Gasteiger partial charge in [0.1, 0.15) is 0 Å². The minimum Gasteiger partial charge on any atom is -0.379 e. The van der Waals surface area contributed by atoms with E-state index in [2.05, 4.69) is 68.1 Å². The lowest BCUT2D eigenvalue weighted by Crippen LogP contribution is -2.39. The summed E-state index contributed by atoms with van der Waals surface area (Å²) in [6.45, 7) is 11.6. The van der Waals surface area contributed by atoms with Crippen LogP contribution < -0.4 is 4.90 Å². The van der Waals surface area contributed by atoms with Gasteiger partial charge in [-0.25, -0.2) is 4.98 Å². The largest absolute Gasteiger partial charge is 0.379 e. The summed E-state index contributed by atoms with van der Waals surface area (Å²) >= 11 is 3.45. The molecule has 1 aliphatic heterocycles. The highest BCUT2D eigenvalue weighted by molar-refractivity contribution is 7.99. The Balaban J connectivity index is 0.00000324. The average molecular weight is 520 g/mol. The van der Waals surface area contributed by atoms with Gasteiger partial charge in [0, 0.05) is 36.3 Å². The fourth-order valence-electron chi connectivity index (χ4n) is 4.02. The highest BCUT2D eigenvalue weighted by Crippen LogP contribution is 2.31. The Bertz CT molecular complexity index is 1070. The number of benzene rings is 2. The van der Waals surface area contributed by atoms with Gasteiger partial charge in [-0.3, -0.25) is 14.6 Å². The lowest BCUT2D eigenvalue weighted by molar-refractivity contribution is -0.118. The monoisotopic (exact) mass is 519 g/mol. The molecule has 8 heteroatoms. The number of anilines is 1. The molecule has 184 valence electrons. The number of nitrogens with zero attached hydrogens (tertiary/aromatic N) is 3. The zero-order valence-corrected chi connectivity index (χ0v) is 22.6. The fourth-order valence-corrected chi connectivity index (χ4v) is 5.95. The fraction of sp³-hybridized carbons (Fsp3) is 0.462. The Hall–Kier alpha value is -1.64. The van der Waals surface area contributed by atoms with Crippen LogP contribution in [0.4, 0.5) is 5.13 Å². The Morgan fingerprint density at radius 2 is 1.91 bits per heavy atom. The molecule has 1 fully saturated rings. The topological polar surface area (TPSA) is 45.7 Å². The molecule has 0 bridgehead atoms. The number of morpholine rings is 1. The summed E-state index contributed by atoms with van der Waals surface area (Å²) in [6, 6.07) is 14.6. The molecule has 1 aromatic heterocycles. The predicted octanol–water partition coefficient (Wildman–Crippen LogP) is 5.83. The number of hydrogen-bond donors (Lipinski definition) is 0. The maximum absolute atomic E-state index is 13.5. The maximum atomic E-state index is 13.5. The number of amides is 1. The normalized spacial score (nSPS) is 14.4. The van der Waals surface area contributed by atoms with Crippen molar-refractivity contribution in [1.82, 2.24) is 9.88 Å². The molecule has 5 nitrogen and oxygen atoms in total. The summed E-state index contributed by atoms with van der Waals surface area (Å²) in [6.07, 6.45) is 1.31. The van der Waals surface area contributed by atoms with Crippen LogP contribution in [0.1, 0.15) is 31.4 Å². The van der Waals surface area contributed by atoms with Crippen LogP contribution in [0.2, 0.25) is 0 Å². The number of aryl methyl sites for hydroxylation is 1. The van der Waals surface area contributed by atoms with Crippen molar-refractivity contribution < 1.29 is 9.53 Å². The smallest absolute Gasteiger partial charge is 0.233 e. The molecular formula is C26H34ClN3O2S2. The van der Waals surface area contributed by atoms with Gasteiger partial charge in [-0.2, -0.15) is 0 Å². The molecule has 2 aromatic carbocycles. The molecule has 0 aliphatic carbocycles. The number of thiazole rings is 1. The van der Waals surface area contributed by atoms with E-state index < -0.39 is 0 Å². The standard InChI is InChI=1S/C26H33N3O2S2.ClH/c1-19(2)32-22-10-8-21(9-11-22)18-24(30)29(13-5-12-28-14-16-31-17-15-28)26-27-25-20(3)6-4-7-23(25)33-26;/h4,6-11,19H,5,12-18H2,1-3H3;1H. The minimum absolute atomic E-state index is 0. The number of carbonyl (C=O) groups is 1. The minimum atomic E-state index is 0. The molecule has 0 saturated carbocycles. The number of ether oxygens (including phenoxy) is 1.